The molecule has 1 fully saturated rings. The molecule has 0 aliphatic heterocycles. The first-order chi connectivity index (χ1) is 8.20. The molecule has 0 amide bonds. The van der Waals surface area contributed by atoms with E-state index in [-0.39, 0.29) is 6.10 Å². The Morgan fingerprint density at radius 1 is 1.12 bits per heavy atom. The summed E-state index contributed by atoms with van der Waals surface area (Å²) in [5.74, 6) is 1.07. The maximum Gasteiger partial charge on any atom is 0.142 e. The van der Waals surface area contributed by atoms with E-state index in [1.165, 1.54) is 19.3 Å². The summed E-state index contributed by atoms with van der Waals surface area (Å²) in [6.45, 7) is 0. The molecular weight excluding hydrogens is 279 g/mol. The lowest BCUT2D eigenvalue weighted by Crippen LogP contribution is -2.20. The Balaban J connectivity index is 2.18. The fourth-order valence-electron chi connectivity index (χ4n) is 2.19. The minimum Gasteiger partial charge on any atom is -0.489 e. The third-order valence-corrected chi connectivity index (χ3v) is 3.85. The van der Waals surface area contributed by atoms with Crippen molar-refractivity contribution >= 4 is 34.8 Å². The van der Waals surface area contributed by atoms with Crippen LogP contribution in [0.15, 0.2) is 12.1 Å². The van der Waals surface area contributed by atoms with Crippen LogP contribution >= 0.6 is 34.8 Å². The van der Waals surface area contributed by atoms with Crippen molar-refractivity contribution < 1.29 is 4.74 Å². The maximum atomic E-state index is 6.16. The SMILES string of the molecule is ClCc1cc(Cl)cc(Cl)c1OC1CCCCC1. The fraction of sp³-hybridized carbons (Fsp3) is 0.538. The summed E-state index contributed by atoms with van der Waals surface area (Å²) in [7, 11) is 0. The Morgan fingerprint density at radius 2 is 1.82 bits per heavy atom. The van der Waals surface area contributed by atoms with Gasteiger partial charge in [-0.1, -0.05) is 29.6 Å². The minimum absolute atomic E-state index is 0.268. The first-order valence-corrected chi connectivity index (χ1v) is 7.20. The normalized spacial score (nSPS) is 17.1. The molecule has 4 heteroatoms. The van der Waals surface area contributed by atoms with Gasteiger partial charge >= 0.3 is 0 Å². The summed E-state index contributed by atoms with van der Waals surface area (Å²) in [4.78, 5) is 0. The summed E-state index contributed by atoms with van der Waals surface area (Å²) in [5.41, 5.74) is 0.870. The molecule has 0 bridgehead atoms. The monoisotopic (exact) mass is 292 g/mol. The molecule has 0 unspecified atom stereocenters. The van der Waals surface area contributed by atoms with Crippen LogP contribution in [0.3, 0.4) is 0 Å². The molecule has 1 saturated carbocycles. The molecule has 0 aromatic heterocycles. The van der Waals surface area contributed by atoms with Gasteiger partial charge in [0.15, 0.2) is 0 Å². The van der Waals surface area contributed by atoms with E-state index in [1.807, 2.05) is 6.07 Å². The molecule has 1 aromatic rings. The van der Waals surface area contributed by atoms with Crippen molar-refractivity contribution in [3.8, 4) is 5.75 Å². The third kappa shape index (κ3) is 3.43. The highest BCUT2D eigenvalue weighted by Gasteiger charge is 2.18. The van der Waals surface area contributed by atoms with Crippen LogP contribution in [-0.2, 0) is 5.88 Å². The largest absolute Gasteiger partial charge is 0.489 e. The lowest BCUT2D eigenvalue weighted by molar-refractivity contribution is 0.154. The van der Waals surface area contributed by atoms with Gasteiger partial charge in [0, 0.05) is 10.6 Å². The van der Waals surface area contributed by atoms with Gasteiger partial charge in [-0.15, -0.1) is 11.6 Å². The van der Waals surface area contributed by atoms with Crippen molar-refractivity contribution in [2.24, 2.45) is 0 Å². The number of rotatable bonds is 3. The van der Waals surface area contributed by atoms with Gasteiger partial charge in [0.1, 0.15) is 5.75 Å². The minimum atomic E-state index is 0.268. The van der Waals surface area contributed by atoms with Crippen LogP contribution < -0.4 is 4.74 Å². The molecule has 0 saturated heterocycles. The molecule has 1 aliphatic rings. The molecular formula is C13H15Cl3O. The highest BCUT2D eigenvalue weighted by atomic mass is 35.5. The number of halogens is 3. The fourth-order valence-corrected chi connectivity index (χ4v) is 2.97. The first kappa shape index (κ1) is 13.3. The third-order valence-electron chi connectivity index (χ3n) is 3.07. The van der Waals surface area contributed by atoms with Gasteiger partial charge in [0.25, 0.3) is 0 Å². The Labute approximate surface area is 117 Å². The Bertz CT molecular complexity index is 386. The van der Waals surface area contributed by atoms with Gasteiger partial charge in [-0.2, -0.15) is 0 Å². The van der Waals surface area contributed by atoms with Crippen molar-refractivity contribution in [3.05, 3.63) is 27.7 Å². The molecule has 1 aliphatic carbocycles. The second-order valence-electron chi connectivity index (χ2n) is 4.39. The summed E-state index contributed by atoms with van der Waals surface area (Å²) < 4.78 is 5.99. The predicted molar refractivity (Wildman–Crippen MR) is 73.5 cm³/mol. The molecule has 0 spiro atoms. The summed E-state index contributed by atoms with van der Waals surface area (Å²) in [6.07, 6.45) is 6.22. The van der Waals surface area contributed by atoms with E-state index in [4.69, 9.17) is 39.5 Å². The maximum absolute atomic E-state index is 6.16. The molecule has 0 radical (unpaired) electrons. The van der Waals surface area contributed by atoms with Crippen LogP contribution in [0, 0.1) is 0 Å². The predicted octanol–water partition coefficient (Wildman–Crippen LogP) is 5.44. The van der Waals surface area contributed by atoms with E-state index in [1.54, 1.807) is 6.07 Å². The van der Waals surface area contributed by atoms with E-state index >= 15 is 0 Å². The highest BCUT2D eigenvalue weighted by molar-refractivity contribution is 6.36. The second-order valence-corrected chi connectivity index (χ2v) is 5.50. The van der Waals surface area contributed by atoms with Crippen LogP contribution in [-0.4, -0.2) is 6.10 Å². The highest BCUT2D eigenvalue weighted by Crippen LogP contribution is 2.35. The Hall–Kier alpha value is -0.110. The van der Waals surface area contributed by atoms with Crippen molar-refractivity contribution in [2.75, 3.05) is 0 Å². The van der Waals surface area contributed by atoms with Gasteiger partial charge in [0.05, 0.1) is 17.0 Å². The molecule has 2 rings (SSSR count). The van der Waals surface area contributed by atoms with Gasteiger partial charge in [-0.3, -0.25) is 0 Å². The average Bonchev–Trinajstić information content (AvgIpc) is 2.33. The Morgan fingerprint density at radius 3 is 2.47 bits per heavy atom. The standard InChI is InChI=1S/C13H15Cl3O/c14-8-9-6-10(15)7-12(16)13(9)17-11-4-2-1-3-5-11/h6-7,11H,1-5,8H2. The lowest BCUT2D eigenvalue weighted by Gasteiger charge is -2.24. The smallest absolute Gasteiger partial charge is 0.142 e. The van der Waals surface area contributed by atoms with Crippen LogP contribution in [0.4, 0.5) is 0 Å². The number of ether oxygens (including phenoxy) is 1. The molecule has 17 heavy (non-hydrogen) atoms. The average molecular weight is 294 g/mol. The molecule has 1 nitrogen and oxygen atoms in total. The zero-order valence-corrected chi connectivity index (χ0v) is 11.8. The molecule has 0 atom stereocenters. The summed E-state index contributed by atoms with van der Waals surface area (Å²) in [6, 6.07) is 3.52. The quantitative estimate of drug-likeness (QED) is 0.674. The summed E-state index contributed by atoms with van der Waals surface area (Å²) in [5, 5.41) is 1.15. The number of alkyl halides is 1. The molecule has 94 valence electrons. The van der Waals surface area contributed by atoms with Gasteiger partial charge in [-0.25, -0.2) is 0 Å². The van der Waals surface area contributed by atoms with Crippen molar-refractivity contribution in [1.82, 2.24) is 0 Å². The molecule has 0 N–H and O–H groups in total. The van der Waals surface area contributed by atoms with E-state index in [0.29, 0.717) is 21.7 Å². The van der Waals surface area contributed by atoms with E-state index in [9.17, 15) is 0 Å². The van der Waals surface area contributed by atoms with Gasteiger partial charge in [-0.05, 0) is 37.8 Å². The van der Waals surface area contributed by atoms with Crippen LogP contribution in [0.25, 0.3) is 0 Å². The topological polar surface area (TPSA) is 9.23 Å². The van der Waals surface area contributed by atoms with E-state index in [2.05, 4.69) is 0 Å². The zero-order valence-electron chi connectivity index (χ0n) is 9.52. The van der Waals surface area contributed by atoms with Gasteiger partial charge < -0.3 is 4.74 Å². The zero-order chi connectivity index (χ0) is 12.3. The van der Waals surface area contributed by atoms with Crippen molar-refractivity contribution in [2.45, 2.75) is 44.1 Å². The first-order valence-electron chi connectivity index (χ1n) is 5.91. The van der Waals surface area contributed by atoms with Gasteiger partial charge in [0.2, 0.25) is 0 Å². The Kier molecular flexibility index (Phi) is 4.84. The number of hydrogen-bond acceptors (Lipinski definition) is 1. The second kappa shape index (κ2) is 6.17. The van der Waals surface area contributed by atoms with Crippen LogP contribution in [0.5, 0.6) is 5.75 Å². The van der Waals surface area contributed by atoms with Crippen molar-refractivity contribution in [3.63, 3.8) is 0 Å². The lowest BCUT2D eigenvalue weighted by atomic mass is 9.98. The molecule has 1 aromatic carbocycles. The molecule has 0 heterocycles. The number of benzene rings is 1. The van der Waals surface area contributed by atoms with Crippen LogP contribution in [0.1, 0.15) is 37.7 Å². The number of hydrogen-bond donors (Lipinski definition) is 0. The summed E-state index contributed by atoms with van der Waals surface area (Å²) >= 11 is 18.0. The van der Waals surface area contributed by atoms with E-state index in [0.717, 1.165) is 18.4 Å². The van der Waals surface area contributed by atoms with Crippen molar-refractivity contribution in [1.29, 1.82) is 0 Å². The van der Waals surface area contributed by atoms with Crippen LogP contribution in [0.2, 0.25) is 10.0 Å². The van der Waals surface area contributed by atoms with E-state index < -0.39 is 0 Å².